The molecule has 1 amide bonds. The summed E-state index contributed by atoms with van der Waals surface area (Å²) >= 11 is 3.30. The van der Waals surface area contributed by atoms with E-state index in [1.807, 2.05) is 16.7 Å². The van der Waals surface area contributed by atoms with E-state index in [0.29, 0.717) is 5.13 Å². The lowest BCUT2D eigenvalue weighted by molar-refractivity contribution is -0.114. The second kappa shape index (κ2) is 7.68. The minimum absolute atomic E-state index is 0.0849. The van der Waals surface area contributed by atoms with E-state index in [1.54, 1.807) is 0 Å². The predicted molar refractivity (Wildman–Crippen MR) is 88.3 cm³/mol. The normalized spacial score (nSPS) is 10.8. The lowest BCUT2D eigenvalue weighted by Crippen LogP contribution is -2.05. The molecule has 0 saturated carbocycles. The summed E-state index contributed by atoms with van der Waals surface area (Å²) in [7, 11) is 0. The molecule has 2 aromatic heterocycles. The van der Waals surface area contributed by atoms with E-state index in [9.17, 15) is 4.79 Å². The third-order valence-corrected chi connectivity index (χ3v) is 5.26. The first-order valence-electron chi connectivity index (χ1n) is 6.99. The molecule has 0 atom stereocenters. The van der Waals surface area contributed by atoms with Gasteiger partial charge in [0.1, 0.15) is 0 Å². The van der Waals surface area contributed by atoms with Crippen LogP contribution in [0.15, 0.2) is 11.4 Å². The van der Waals surface area contributed by atoms with Gasteiger partial charge in [-0.25, -0.2) is 4.98 Å². The van der Waals surface area contributed by atoms with Crippen molar-refractivity contribution in [1.82, 2.24) is 4.98 Å². The summed E-state index contributed by atoms with van der Waals surface area (Å²) in [5.41, 5.74) is 2.34. The van der Waals surface area contributed by atoms with Gasteiger partial charge in [0.05, 0.1) is 5.69 Å². The number of aryl methyl sites for hydroxylation is 4. The van der Waals surface area contributed by atoms with Gasteiger partial charge in [0.15, 0.2) is 5.13 Å². The largest absolute Gasteiger partial charge is 0.396 e. The molecule has 2 aromatic rings. The third kappa shape index (κ3) is 4.91. The van der Waals surface area contributed by atoms with E-state index in [0.717, 1.165) is 31.4 Å². The molecule has 0 spiro atoms. The Kier molecular flexibility index (Phi) is 5.90. The molecular formula is C15H20N2O2S2. The summed E-state index contributed by atoms with van der Waals surface area (Å²) in [5, 5.41) is 14.3. The van der Waals surface area contributed by atoms with Gasteiger partial charge in [-0.2, -0.15) is 0 Å². The molecule has 0 radical (unpaired) electrons. The van der Waals surface area contributed by atoms with E-state index >= 15 is 0 Å². The predicted octanol–water partition coefficient (Wildman–Crippen LogP) is 3.18. The summed E-state index contributed by atoms with van der Waals surface area (Å²) in [6.45, 7) is 3.87. The first-order chi connectivity index (χ1) is 10.1. The van der Waals surface area contributed by atoms with Crippen LogP contribution in [0.1, 0.15) is 34.4 Å². The number of aliphatic hydroxyl groups is 1. The molecular weight excluding hydrogens is 304 g/mol. The number of nitrogens with one attached hydrogen (secondary N) is 1. The number of aliphatic hydroxyl groups excluding tert-OH is 1. The van der Waals surface area contributed by atoms with Crippen molar-refractivity contribution >= 4 is 33.7 Å². The van der Waals surface area contributed by atoms with Crippen LogP contribution in [0.25, 0.3) is 0 Å². The third-order valence-electron chi connectivity index (χ3n) is 3.10. The Hall–Kier alpha value is -1.24. The molecule has 2 rings (SSSR count). The monoisotopic (exact) mass is 324 g/mol. The quantitative estimate of drug-likeness (QED) is 0.822. The number of rotatable bonds is 7. The molecule has 4 nitrogen and oxygen atoms in total. The van der Waals surface area contributed by atoms with Crippen LogP contribution >= 0.6 is 22.7 Å². The summed E-state index contributed by atoms with van der Waals surface area (Å²) in [5.74, 6) is -0.0849. The highest BCUT2D eigenvalue weighted by Gasteiger charge is 2.08. The molecule has 0 aliphatic carbocycles. The standard InChI is InChI=1S/C15H20N2O2S2/c1-10-8-13(21-14(10)4-3-7-18)6-5-12-9-20-15(17-12)16-11(2)19/h8-9,18H,3-7H2,1-2H3,(H,16,17,19). The number of amides is 1. The first-order valence-corrected chi connectivity index (χ1v) is 8.69. The van der Waals surface area contributed by atoms with Gasteiger partial charge < -0.3 is 10.4 Å². The molecule has 2 heterocycles. The highest BCUT2D eigenvalue weighted by Crippen LogP contribution is 2.25. The van der Waals surface area contributed by atoms with Crippen LogP contribution in [0.4, 0.5) is 5.13 Å². The Morgan fingerprint density at radius 1 is 1.38 bits per heavy atom. The van der Waals surface area contributed by atoms with Gasteiger partial charge in [-0.3, -0.25) is 4.79 Å². The fourth-order valence-corrected chi connectivity index (χ4v) is 4.10. The van der Waals surface area contributed by atoms with Crippen molar-refractivity contribution < 1.29 is 9.90 Å². The summed E-state index contributed by atoms with van der Waals surface area (Å²) in [6, 6.07) is 2.23. The topological polar surface area (TPSA) is 62.2 Å². The van der Waals surface area contributed by atoms with Crippen molar-refractivity contribution in [3.8, 4) is 0 Å². The number of thiophene rings is 1. The lowest BCUT2D eigenvalue weighted by atomic mass is 10.1. The number of aromatic nitrogens is 1. The van der Waals surface area contributed by atoms with Crippen LogP contribution in [-0.4, -0.2) is 22.6 Å². The molecule has 0 bridgehead atoms. The number of anilines is 1. The average Bonchev–Trinajstić information content (AvgIpc) is 3.00. The van der Waals surface area contributed by atoms with Gasteiger partial charge in [-0.15, -0.1) is 22.7 Å². The minimum atomic E-state index is -0.0849. The maximum Gasteiger partial charge on any atom is 0.223 e. The zero-order valence-corrected chi connectivity index (χ0v) is 13.9. The fraction of sp³-hybridized carbons (Fsp3) is 0.467. The number of carbonyl (C=O) groups is 1. The Morgan fingerprint density at radius 2 is 2.19 bits per heavy atom. The first kappa shape index (κ1) is 16.1. The van der Waals surface area contributed by atoms with Gasteiger partial charge in [-0.05, 0) is 44.2 Å². The molecule has 6 heteroatoms. The molecule has 0 saturated heterocycles. The Morgan fingerprint density at radius 3 is 2.90 bits per heavy atom. The number of carbonyl (C=O) groups excluding carboxylic acids is 1. The van der Waals surface area contributed by atoms with Gasteiger partial charge in [-0.1, -0.05) is 0 Å². The van der Waals surface area contributed by atoms with Crippen LogP contribution in [0, 0.1) is 6.92 Å². The summed E-state index contributed by atoms with van der Waals surface area (Å²) < 4.78 is 0. The van der Waals surface area contributed by atoms with Crippen molar-refractivity contribution in [2.45, 2.75) is 39.5 Å². The molecule has 0 fully saturated rings. The molecule has 21 heavy (non-hydrogen) atoms. The Labute approximate surface area is 132 Å². The number of nitrogens with zero attached hydrogens (tertiary/aromatic N) is 1. The number of thiazole rings is 1. The van der Waals surface area contributed by atoms with E-state index in [1.165, 1.54) is 33.6 Å². The Bertz CT molecular complexity index is 605. The van der Waals surface area contributed by atoms with E-state index in [2.05, 4.69) is 23.3 Å². The maximum absolute atomic E-state index is 11.0. The van der Waals surface area contributed by atoms with Crippen LogP contribution < -0.4 is 5.32 Å². The molecule has 0 aliphatic heterocycles. The lowest BCUT2D eigenvalue weighted by Gasteiger charge is -1.96. The maximum atomic E-state index is 11.0. The number of hydrogen-bond donors (Lipinski definition) is 2. The zero-order valence-electron chi connectivity index (χ0n) is 12.3. The van der Waals surface area contributed by atoms with E-state index < -0.39 is 0 Å². The minimum Gasteiger partial charge on any atom is -0.396 e. The molecule has 0 aromatic carbocycles. The SMILES string of the molecule is CC(=O)Nc1nc(CCc2cc(C)c(CCCO)s2)cs1. The highest BCUT2D eigenvalue weighted by molar-refractivity contribution is 7.14. The smallest absolute Gasteiger partial charge is 0.223 e. The van der Waals surface area contributed by atoms with Crippen LogP contribution in [-0.2, 0) is 24.1 Å². The fourth-order valence-electron chi connectivity index (χ4n) is 2.08. The second-order valence-corrected chi connectivity index (χ2v) is 7.05. The summed E-state index contributed by atoms with van der Waals surface area (Å²) in [4.78, 5) is 18.1. The van der Waals surface area contributed by atoms with Gasteiger partial charge >= 0.3 is 0 Å². The summed E-state index contributed by atoms with van der Waals surface area (Å²) in [6.07, 6.45) is 3.63. The van der Waals surface area contributed by atoms with Crippen LogP contribution in [0.2, 0.25) is 0 Å². The number of hydrogen-bond acceptors (Lipinski definition) is 5. The van der Waals surface area contributed by atoms with Crippen molar-refractivity contribution in [3.63, 3.8) is 0 Å². The molecule has 114 valence electrons. The Balaban J connectivity index is 1.90. The van der Waals surface area contributed by atoms with Crippen molar-refractivity contribution in [2.24, 2.45) is 0 Å². The van der Waals surface area contributed by atoms with Gasteiger partial charge in [0.25, 0.3) is 0 Å². The van der Waals surface area contributed by atoms with Crippen molar-refractivity contribution in [3.05, 3.63) is 32.5 Å². The van der Waals surface area contributed by atoms with E-state index in [-0.39, 0.29) is 12.5 Å². The molecule has 2 N–H and O–H groups in total. The highest BCUT2D eigenvalue weighted by atomic mass is 32.1. The van der Waals surface area contributed by atoms with Crippen molar-refractivity contribution in [1.29, 1.82) is 0 Å². The van der Waals surface area contributed by atoms with Gasteiger partial charge in [0, 0.05) is 28.7 Å². The van der Waals surface area contributed by atoms with Crippen LogP contribution in [0.5, 0.6) is 0 Å². The van der Waals surface area contributed by atoms with Gasteiger partial charge in [0.2, 0.25) is 5.91 Å². The molecule has 0 unspecified atom stereocenters. The van der Waals surface area contributed by atoms with Crippen molar-refractivity contribution in [2.75, 3.05) is 11.9 Å². The molecule has 0 aliphatic rings. The second-order valence-electron chi connectivity index (χ2n) is 4.97. The van der Waals surface area contributed by atoms with E-state index in [4.69, 9.17) is 5.11 Å². The average molecular weight is 324 g/mol. The van der Waals surface area contributed by atoms with Crippen LogP contribution in [0.3, 0.4) is 0 Å². The zero-order chi connectivity index (χ0) is 15.2.